The molecule has 120 valence electrons. The Bertz CT molecular complexity index is 677. The molecule has 7 heteroatoms. The summed E-state index contributed by atoms with van der Waals surface area (Å²) >= 11 is 5.77. The molecule has 1 aromatic heterocycles. The van der Waals surface area contributed by atoms with Crippen LogP contribution in [0.3, 0.4) is 0 Å². The molecule has 0 radical (unpaired) electrons. The van der Waals surface area contributed by atoms with Crippen LogP contribution in [0, 0.1) is 0 Å². The van der Waals surface area contributed by atoms with E-state index in [9.17, 15) is 4.79 Å². The van der Waals surface area contributed by atoms with Gasteiger partial charge in [0.2, 0.25) is 0 Å². The van der Waals surface area contributed by atoms with Gasteiger partial charge in [-0.15, -0.1) is 0 Å². The first-order valence-electron chi connectivity index (χ1n) is 7.04. The molecule has 1 aromatic carbocycles. The van der Waals surface area contributed by atoms with Gasteiger partial charge in [0.15, 0.2) is 11.0 Å². The lowest BCUT2D eigenvalue weighted by molar-refractivity contribution is 0.140. The number of anilines is 1. The second-order valence-electron chi connectivity index (χ2n) is 4.65. The smallest absolute Gasteiger partial charge is 0.407 e. The van der Waals surface area contributed by atoms with Crippen molar-refractivity contribution in [3.63, 3.8) is 0 Å². The fourth-order valence-corrected chi connectivity index (χ4v) is 1.85. The van der Waals surface area contributed by atoms with Gasteiger partial charge in [0.1, 0.15) is 6.61 Å². The van der Waals surface area contributed by atoms with Crippen molar-refractivity contribution in [2.24, 2.45) is 0 Å². The van der Waals surface area contributed by atoms with Gasteiger partial charge in [-0.3, -0.25) is 0 Å². The Morgan fingerprint density at radius 1 is 1.35 bits per heavy atom. The topological polar surface area (TPSA) is 90.1 Å². The van der Waals surface area contributed by atoms with E-state index >= 15 is 0 Å². The number of rotatable bonds is 6. The van der Waals surface area contributed by atoms with E-state index in [-0.39, 0.29) is 17.6 Å². The second-order valence-corrected chi connectivity index (χ2v) is 5.01. The minimum atomic E-state index is -0.447. The number of carbonyl (C=O) groups is 1. The van der Waals surface area contributed by atoms with Crippen LogP contribution in [0.5, 0.6) is 0 Å². The maximum Gasteiger partial charge on any atom is 0.407 e. The predicted octanol–water partition coefficient (Wildman–Crippen LogP) is 3.04. The summed E-state index contributed by atoms with van der Waals surface area (Å²) in [4.78, 5) is 19.5. The Morgan fingerprint density at radius 2 is 2.13 bits per heavy atom. The van der Waals surface area contributed by atoms with E-state index < -0.39 is 6.09 Å². The number of benzene rings is 1. The summed E-state index contributed by atoms with van der Waals surface area (Å²) in [6, 6.07) is 9.50. The number of amides is 1. The van der Waals surface area contributed by atoms with Crippen LogP contribution >= 0.6 is 11.6 Å². The van der Waals surface area contributed by atoms with E-state index in [0.717, 1.165) is 5.56 Å². The average Bonchev–Trinajstić information content (AvgIpc) is 2.57. The SMILES string of the molecule is Nc1ncc(C=CCCNC(=O)OCc2ccccc2)nc1Cl. The third-order valence-electron chi connectivity index (χ3n) is 2.86. The number of halogens is 1. The standard InChI is InChI=1S/C16H17ClN4O2/c17-14-15(18)20-10-13(21-14)8-4-5-9-19-16(22)23-11-12-6-2-1-3-7-12/h1-4,6-8,10H,5,9,11H2,(H2,18,20)(H,19,22). The van der Waals surface area contributed by atoms with E-state index in [1.54, 1.807) is 6.08 Å². The molecule has 2 rings (SSSR count). The van der Waals surface area contributed by atoms with Crippen molar-refractivity contribution in [1.82, 2.24) is 15.3 Å². The van der Waals surface area contributed by atoms with Gasteiger partial charge >= 0.3 is 6.09 Å². The van der Waals surface area contributed by atoms with Crippen molar-refractivity contribution >= 4 is 29.6 Å². The van der Waals surface area contributed by atoms with Crippen molar-refractivity contribution in [2.45, 2.75) is 13.0 Å². The van der Waals surface area contributed by atoms with Crippen LogP contribution in [0.1, 0.15) is 17.7 Å². The lowest BCUT2D eigenvalue weighted by atomic mass is 10.2. The van der Waals surface area contributed by atoms with Gasteiger partial charge in [0, 0.05) is 6.54 Å². The van der Waals surface area contributed by atoms with Crippen molar-refractivity contribution in [3.8, 4) is 0 Å². The van der Waals surface area contributed by atoms with Crippen LogP contribution in [0.4, 0.5) is 10.6 Å². The van der Waals surface area contributed by atoms with Crippen molar-refractivity contribution < 1.29 is 9.53 Å². The van der Waals surface area contributed by atoms with E-state index in [2.05, 4.69) is 15.3 Å². The molecule has 6 nitrogen and oxygen atoms in total. The van der Waals surface area contributed by atoms with Gasteiger partial charge in [0.25, 0.3) is 0 Å². The zero-order chi connectivity index (χ0) is 16.5. The van der Waals surface area contributed by atoms with Crippen molar-refractivity contribution in [1.29, 1.82) is 0 Å². The number of aromatic nitrogens is 2. The highest BCUT2D eigenvalue weighted by atomic mass is 35.5. The number of nitrogens with zero attached hydrogens (tertiary/aromatic N) is 2. The normalized spacial score (nSPS) is 10.7. The van der Waals surface area contributed by atoms with Crippen molar-refractivity contribution in [3.05, 3.63) is 59.0 Å². The number of carbonyl (C=O) groups excluding carboxylic acids is 1. The summed E-state index contributed by atoms with van der Waals surface area (Å²) < 4.78 is 5.09. The van der Waals surface area contributed by atoms with Gasteiger partial charge in [-0.1, -0.05) is 48.0 Å². The van der Waals surface area contributed by atoms with E-state index in [0.29, 0.717) is 18.7 Å². The molecule has 0 bridgehead atoms. The molecular formula is C16H17ClN4O2. The van der Waals surface area contributed by atoms with Crippen LogP contribution in [0.25, 0.3) is 6.08 Å². The minimum Gasteiger partial charge on any atom is -0.445 e. The molecule has 3 N–H and O–H groups in total. The molecule has 0 fully saturated rings. The Morgan fingerprint density at radius 3 is 2.87 bits per heavy atom. The average molecular weight is 333 g/mol. The summed E-state index contributed by atoms with van der Waals surface area (Å²) in [5.41, 5.74) is 7.03. The number of ether oxygens (including phenoxy) is 1. The summed E-state index contributed by atoms with van der Waals surface area (Å²) in [5.74, 6) is 0.201. The molecule has 23 heavy (non-hydrogen) atoms. The number of hydrogen-bond acceptors (Lipinski definition) is 5. The fraction of sp³-hybridized carbons (Fsp3) is 0.188. The lowest BCUT2D eigenvalue weighted by Gasteiger charge is -2.05. The summed E-state index contributed by atoms with van der Waals surface area (Å²) in [7, 11) is 0. The fourth-order valence-electron chi connectivity index (χ4n) is 1.70. The zero-order valence-electron chi connectivity index (χ0n) is 12.4. The highest BCUT2D eigenvalue weighted by Crippen LogP contribution is 2.12. The monoisotopic (exact) mass is 332 g/mol. The number of hydrogen-bond donors (Lipinski definition) is 2. The first kappa shape index (κ1) is 16.8. The van der Waals surface area contributed by atoms with Crippen LogP contribution in [-0.2, 0) is 11.3 Å². The van der Waals surface area contributed by atoms with Gasteiger partial charge in [-0.25, -0.2) is 14.8 Å². The van der Waals surface area contributed by atoms with Gasteiger partial charge in [-0.2, -0.15) is 0 Å². The molecule has 0 atom stereocenters. The molecule has 0 spiro atoms. The number of nitrogens with two attached hydrogens (primary N) is 1. The summed E-state index contributed by atoms with van der Waals surface area (Å²) in [6.07, 6.45) is 5.32. The first-order valence-corrected chi connectivity index (χ1v) is 7.42. The molecule has 2 aromatic rings. The Hall–Kier alpha value is -2.60. The molecule has 0 saturated heterocycles. The number of nitrogen functional groups attached to an aromatic ring is 1. The largest absolute Gasteiger partial charge is 0.445 e. The molecular weight excluding hydrogens is 316 g/mol. The lowest BCUT2D eigenvalue weighted by Crippen LogP contribution is -2.24. The molecule has 0 aliphatic carbocycles. The molecule has 1 heterocycles. The predicted molar refractivity (Wildman–Crippen MR) is 89.7 cm³/mol. The third kappa shape index (κ3) is 5.96. The van der Waals surface area contributed by atoms with Gasteiger partial charge < -0.3 is 15.8 Å². The number of nitrogens with one attached hydrogen (secondary N) is 1. The highest BCUT2D eigenvalue weighted by molar-refractivity contribution is 6.31. The molecule has 1 amide bonds. The summed E-state index contributed by atoms with van der Waals surface area (Å²) in [6.45, 7) is 0.711. The Balaban J connectivity index is 1.65. The van der Waals surface area contributed by atoms with E-state index in [1.807, 2.05) is 36.4 Å². The maximum absolute atomic E-state index is 11.5. The molecule has 0 saturated carbocycles. The Kier molecular flexibility index (Phi) is 6.38. The maximum atomic E-state index is 11.5. The quantitative estimate of drug-likeness (QED) is 0.793. The van der Waals surface area contributed by atoms with Gasteiger partial charge in [-0.05, 0) is 18.1 Å². The molecule has 0 aliphatic rings. The second kappa shape index (κ2) is 8.75. The van der Waals surface area contributed by atoms with Crippen LogP contribution in [-0.4, -0.2) is 22.6 Å². The molecule has 0 aliphatic heterocycles. The Labute approximate surface area is 139 Å². The van der Waals surface area contributed by atoms with Crippen LogP contribution in [0.15, 0.2) is 42.6 Å². The summed E-state index contributed by atoms with van der Waals surface area (Å²) in [5, 5.41) is 2.84. The molecule has 0 unspecified atom stereocenters. The third-order valence-corrected chi connectivity index (χ3v) is 3.13. The van der Waals surface area contributed by atoms with Crippen LogP contribution in [0.2, 0.25) is 5.15 Å². The van der Waals surface area contributed by atoms with Crippen molar-refractivity contribution in [2.75, 3.05) is 12.3 Å². The van der Waals surface area contributed by atoms with E-state index in [1.165, 1.54) is 6.20 Å². The van der Waals surface area contributed by atoms with Crippen LogP contribution < -0.4 is 11.1 Å². The minimum absolute atomic E-state index is 0.176. The number of alkyl carbamates (subject to hydrolysis) is 1. The zero-order valence-corrected chi connectivity index (χ0v) is 13.2. The van der Waals surface area contributed by atoms with E-state index in [4.69, 9.17) is 22.1 Å². The highest BCUT2D eigenvalue weighted by Gasteiger charge is 2.01. The first-order chi connectivity index (χ1) is 11.1. The van der Waals surface area contributed by atoms with Gasteiger partial charge in [0.05, 0.1) is 11.9 Å².